The number of nitrogens with one attached hydrogen (secondary N) is 1. The molecule has 1 saturated carbocycles. The first-order valence-corrected chi connectivity index (χ1v) is 9.70. The topological polar surface area (TPSA) is 55.4 Å². The number of rotatable bonds is 6. The Morgan fingerprint density at radius 2 is 2.05 bits per heavy atom. The van der Waals surface area contributed by atoms with E-state index in [0.717, 1.165) is 30.7 Å². The Bertz CT molecular complexity index is 637. The molecule has 0 saturated heterocycles. The summed E-state index contributed by atoms with van der Waals surface area (Å²) in [6, 6.07) is 5.98. The van der Waals surface area contributed by atoms with Crippen LogP contribution >= 0.6 is 0 Å². The maximum atomic E-state index is 11.6. The van der Waals surface area contributed by atoms with Crippen molar-refractivity contribution >= 4 is 9.84 Å². The third kappa shape index (κ3) is 3.53. The van der Waals surface area contributed by atoms with E-state index in [1.54, 1.807) is 6.07 Å². The van der Waals surface area contributed by atoms with Crippen molar-refractivity contribution in [2.75, 3.05) is 12.9 Å². The van der Waals surface area contributed by atoms with E-state index in [1.807, 2.05) is 26.0 Å². The van der Waals surface area contributed by atoms with Crippen molar-refractivity contribution in [2.24, 2.45) is 5.41 Å². The van der Waals surface area contributed by atoms with Gasteiger partial charge in [-0.25, -0.2) is 8.42 Å². The predicted octanol–water partition coefficient (Wildman–Crippen LogP) is 2.69. The first-order valence-electron chi connectivity index (χ1n) is 7.80. The molecule has 1 aromatic rings. The number of ether oxygens (including phenoxy) is 1. The molecule has 0 unspecified atom stereocenters. The van der Waals surface area contributed by atoms with Gasteiger partial charge in [0.15, 0.2) is 9.84 Å². The largest absolute Gasteiger partial charge is 0.378 e. The van der Waals surface area contributed by atoms with Crippen molar-refractivity contribution < 1.29 is 13.2 Å². The quantitative estimate of drug-likeness (QED) is 0.874. The second-order valence-electron chi connectivity index (χ2n) is 6.81. The number of hydrogen-bond donors (Lipinski definition) is 1. The molecule has 124 valence electrons. The van der Waals surface area contributed by atoms with Crippen LogP contribution < -0.4 is 5.32 Å². The average Bonchev–Trinajstić information content (AvgIpc) is 2.40. The lowest BCUT2D eigenvalue weighted by atomic mass is 9.64. The SMILES string of the molecule is CCO[C@H]1C[C@H](NCc2ccc(S(C)(=O)=O)c(C)c2)C1(C)C. The Morgan fingerprint density at radius 1 is 1.36 bits per heavy atom. The molecule has 2 atom stereocenters. The zero-order valence-corrected chi connectivity index (χ0v) is 15.0. The Morgan fingerprint density at radius 3 is 2.55 bits per heavy atom. The molecule has 4 nitrogen and oxygen atoms in total. The number of sulfone groups is 1. The highest BCUT2D eigenvalue weighted by atomic mass is 32.2. The highest BCUT2D eigenvalue weighted by Crippen LogP contribution is 2.42. The van der Waals surface area contributed by atoms with Gasteiger partial charge in [-0.2, -0.15) is 0 Å². The molecule has 0 radical (unpaired) electrons. The molecule has 1 fully saturated rings. The van der Waals surface area contributed by atoms with E-state index in [9.17, 15) is 8.42 Å². The van der Waals surface area contributed by atoms with Gasteiger partial charge >= 0.3 is 0 Å². The van der Waals surface area contributed by atoms with Gasteiger partial charge in [-0.1, -0.05) is 26.0 Å². The Labute approximate surface area is 134 Å². The minimum absolute atomic E-state index is 0.137. The summed E-state index contributed by atoms with van der Waals surface area (Å²) in [5, 5.41) is 3.57. The zero-order chi connectivity index (χ0) is 16.5. The second kappa shape index (κ2) is 6.30. The van der Waals surface area contributed by atoms with Gasteiger partial charge in [0, 0.05) is 30.9 Å². The summed E-state index contributed by atoms with van der Waals surface area (Å²) >= 11 is 0. The minimum Gasteiger partial charge on any atom is -0.378 e. The normalized spacial score (nSPS) is 24.0. The van der Waals surface area contributed by atoms with Crippen molar-refractivity contribution in [2.45, 2.75) is 57.7 Å². The van der Waals surface area contributed by atoms with E-state index in [4.69, 9.17) is 4.74 Å². The van der Waals surface area contributed by atoms with E-state index in [0.29, 0.717) is 17.0 Å². The van der Waals surface area contributed by atoms with Crippen LogP contribution in [0.2, 0.25) is 0 Å². The lowest BCUT2D eigenvalue weighted by molar-refractivity contribution is -0.114. The summed E-state index contributed by atoms with van der Waals surface area (Å²) in [7, 11) is -3.14. The van der Waals surface area contributed by atoms with E-state index in [2.05, 4.69) is 19.2 Å². The standard InChI is InChI=1S/C17H27NO3S/c1-6-21-16-10-15(17(16,3)4)18-11-13-7-8-14(12(2)9-13)22(5,19)20/h7-9,15-16,18H,6,10-11H2,1-5H3/t15-,16-/m0/s1. The van der Waals surface area contributed by atoms with Gasteiger partial charge in [0.25, 0.3) is 0 Å². The number of benzene rings is 1. The van der Waals surface area contributed by atoms with Crippen LogP contribution in [0.5, 0.6) is 0 Å². The molecule has 2 rings (SSSR count). The number of aryl methyl sites for hydroxylation is 1. The zero-order valence-electron chi connectivity index (χ0n) is 14.1. The van der Waals surface area contributed by atoms with Crippen LogP contribution in [0.3, 0.4) is 0 Å². The third-order valence-electron chi connectivity index (χ3n) is 4.74. The third-order valence-corrected chi connectivity index (χ3v) is 5.99. The van der Waals surface area contributed by atoms with E-state index >= 15 is 0 Å². The van der Waals surface area contributed by atoms with E-state index in [-0.39, 0.29) is 5.41 Å². The highest BCUT2D eigenvalue weighted by molar-refractivity contribution is 7.90. The van der Waals surface area contributed by atoms with Gasteiger partial charge < -0.3 is 10.1 Å². The summed E-state index contributed by atoms with van der Waals surface area (Å²) in [5.74, 6) is 0. The Balaban J connectivity index is 1.98. The molecule has 0 aliphatic heterocycles. The molecule has 1 aromatic carbocycles. The van der Waals surface area contributed by atoms with Gasteiger partial charge in [0.05, 0.1) is 11.0 Å². The Hall–Kier alpha value is -0.910. The van der Waals surface area contributed by atoms with Gasteiger partial charge in [-0.3, -0.25) is 0 Å². The molecule has 1 N–H and O–H groups in total. The lowest BCUT2D eigenvalue weighted by Gasteiger charge is -2.52. The van der Waals surface area contributed by atoms with Crippen LogP contribution in [-0.2, 0) is 21.1 Å². The number of hydrogen-bond acceptors (Lipinski definition) is 4. The van der Waals surface area contributed by atoms with Crippen molar-refractivity contribution in [3.8, 4) is 0 Å². The van der Waals surface area contributed by atoms with Gasteiger partial charge in [-0.15, -0.1) is 0 Å². The molecule has 0 heterocycles. The average molecular weight is 325 g/mol. The summed E-state index contributed by atoms with van der Waals surface area (Å²) in [6.07, 6.45) is 2.60. The summed E-state index contributed by atoms with van der Waals surface area (Å²) in [6.45, 7) is 9.84. The van der Waals surface area contributed by atoms with Crippen LogP contribution in [0.25, 0.3) is 0 Å². The van der Waals surface area contributed by atoms with Crippen LogP contribution in [0.4, 0.5) is 0 Å². The van der Waals surface area contributed by atoms with Crippen molar-refractivity contribution in [1.29, 1.82) is 0 Å². The molecule has 0 bridgehead atoms. The Kier molecular flexibility index (Phi) is 5.00. The molecule has 0 amide bonds. The van der Waals surface area contributed by atoms with Gasteiger partial charge in [0.1, 0.15) is 0 Å². The molecular formula is C17H27NO3S. The fraction of sp³-hybridized carbons (Fsp3) is 0.647. The van der Waals surface area contributed by atoms with E-state index in [1.165, 1.54) is 6.26 Å². The fourth-order valence-corrected chi connectivity index (χ4v) is 4.15. The van der Waals surface area contributed by atoms with Crippen LogP contribution in [0, 0.1) is 12.3 Å². The summed E-state index contributed by atoms with van der Waals surface area (Å²) < 4.78 is 29.0. The van der Waals surface area contributed by atoms with Crippen molar-refractivity contribution in [1.82, 2.24) is 5.32 Å². The smallest absolute Gasteiger partial charge is 0.175 e. The molecule has 22 heavy (non-hydrogen) atoms. The molecule has 1 aliphatic carbocycles. The predicted molar refractivity (Wildman–Crippen MR) is 88.7 cm³/mol. The maximum Gasteiger partial charge on any atom is 0.175 e. The van der Waals surface area contributed by atoms with E-state index < -0.39 is 9.84 Å². The highest BCUT2D eigenvalue weighted by Gasteiger charge is 2.48. The summed E-state index contributed by atoms with van der Waals surface area (Å²) in [5.41, 5.74) is 2.06. The van der Waals surface area contributed by atoms with Crippen molar-refractivity contribution in [3.63, 3.8) is 0 Å². The van der Waals surface area contributed by atoms with Gasteiger partial charge in [-0.05, 0) is 37.5 Å². The lowest BCUT2D eigenvalue weighted by Crippen LogP contribution is -2.60. The van der Waals surface area contributed by atoms with Crippen molar-refractivity contribution in [3.05, 3.63) is 29.3 Å². The molecule has 1 aliphatic rings. The van der Waals surface area contributed by atoms with Crippen LogP contribution in [0.1, 0.15) is 38.3 Å². The van der Waals surface area contributed by atoms with Crippen LogP contribution in [-0.4, -0.2) is 33.4 Å². The van der Waals surface area contributed by atoms with Gasteiger partial charge in [0.2, 0.25) is 0 Å². The minimum atomic E-state index is -3.14. The molecule has 0 aromatic heterocycles. The molecule has 5 heteroatoms. The first-order chi connectivity index (χ1) is 10.2. The second-order valence-corrected chi connectivity index (χ2v) is 8.79. The van der Waals surface area contributed by atoms with Crippen LogP contribution in [0.15, 0.2) is 23.1 Å². The monoisotopic (exact) mass is 325 g/mol. The maximum absolute atomic E-state index is 11.6. The summed E-state index contributed by atoms with van der Waals surface area (Å²) in [4.78, 5) is 0.414. The first kappa shape index (κ1) is 17.4. The fourth-order valence-electron chi connectivity index (χ4n) is 3.19. The molecule has 0 spiro atoms. The molecular weight excluding hydrogens is 298 g/mol.